The molecular weight excluding hydrogens is 512 g/mol. The maximum absolute atomic E-state index is 12.9. The predicted molar refractivity (Wildman–Crippen MR) is 162 cm³/mol. The van der Waals surface area contributed by atoms with Crippen LogP contribution in [0, 0.1) is 0 Å². The molecule has 0 aliphatic rings. The first-order valence-electron chi connectivity index (χ1n) is 14.0. The number of hydrogen-bond donors (Lipinski definition) is 5. The lowest BCUT2D eigenvalue weighted by atomic mass is 9.93. The zero-order chi connectivity index (χ0) is 28.7. The van der Waals surface area contributed by atoms with E-state index in [9.17, 15) is 14.7 Å². The number of aliphatic hydroxyl groups excluding tert-OH is 1. The summed E-state index contributed by atoms with van der Waals surface area (Å²) in [5.74, 6) is 0. The molecule has 4 rings (SSSR count). The van der Waals surface area contributed by atoms with Gasteiger partial charge in [0.2, 0.25) is 0 Å². The van der Waals surface area contributed by atoms with Crippen molar-refractivity contribution < 1.29 is 14.7 Å². The molecule has 0 aromatic heterocycles. The number of urea groups is 2. The first kappa shape index (κ1) is 29.4. The molecule has 4 amide bonds. The van der Waals surface area contributed by atoms with Crippen molar-refractivity contribution in [3.63, 3.8) is 0 Å². The fourth-order valence-corrected chi connectivity index (χ4v) is 4.71. The molecule has 7 nitrogen and oxygen atoms in total. The summed E-state index contributed by atoms with van der Waals surface area (Å²) < 4.78 is 0. The van der Waals surface area contributed by atoms with E-state index < -0.39 is 12.1 Å². The van der Waals surface area contributed by atoms with Gasteiger partial charge < -0.3 is 26.4 Å². The number of carbonyl (C=O) groups is 2. The number of aliphatic hydroxyl groups is 1. The van der Waals surface area contributed by atoms with Crippen LogP contribution < -0.4 is 21.3 Å². The molecule has 4 aromatic carbocycles. The van der Waals surface area contributed by atoms with Crippen LogP contribution in [0.15, 0.2) is 121 Å². The Morgan fingerprint density at radius 3 is 1.39 bits per heavy atom. The van der Waals surface area contributed by atoms with E-state index in [1.807, 2.05) is 121 Å². The fourth-order valence-electron chi connectivity index (χ4n) is 4.71. The second-order valence-electron chi connectivity index (χ2n) is 10.1. The van der Waals surface area contributed by atoms with Gasteiger partial charge in [0.05, 0.1) is 12.1 Å². The van der Waals surface area contributed by atoms with Gasteiger partial charge in [-0.1, -0.05) is 121 Å². The molecule has 212 valence electrons. The lowest BCUT2D eigenvalue weighted by molar-refractivity contribution is 0.109. The van der Waals surface area contributed by atoms with E-state index in [1.54, 1.807) is 0 Å². The molecule has 0 aliphatic carbocycles. The number of benzene rings is 4. The van der Waals surface area contributed by atoms with Crippen molar-refractivity contribution in [3.05, 3.63) is 144 Å². The third-order valence-corrected chi connectivity index (χ3v) is 6.86. The largest absolute Gasteiger partial charge is 0.391 e. The molecule has 3 atom stereocenters. The normalized spacial score (nSPS) is 12.9. The van der Waals surface area contributed by atoms with Crippen LogP contribution in [0.4, 0.5) is 9.59 Å². The number of amides is 4. The fraction of sp³-hybridized carbons (Fsp3) is 0.235. The maximum Gasteiger partial charge on any atom is 0.315 e. The third-order valence-electron chi connectivity index (χ3n) is 6.86. The van der Waals surface area contributed by atoms with Crippen LogP contribution in [0.1, 0.15) is 28.7 Å². The number of hydrogen-bond acceptors (Lipinski definition) is 3. The van der Waals surface area contributed by atoms with Crippen molar-refractivity contribution in [1.82, 2.24) is 21.3 Å². The molecular formula is C34H38N4O3. The molecule has 0 saturated heterocycles. The van der Waals surface area contributed by atoms with Gasteiger partial charge in [-0.3, -0.25) is 0 Å². The van der Waals surface area contributed by atoms with Gasteiger partial charge in [-0.25, -0.2) is 9.59 Å². The van der Waals surface area contributed by atoms with Crippen LogP contribution in [0.2, 0.25) is 0 Å². The molecule has 0 radical (unpaired) electrons. The quantitative estimate of drug-likeness (QED) is 0.163. The SMILES string of the molecule is O=C(NCc1ccccc1)NC(Cc1ccccc1)CC(O)C(Cc1ccccc1)NC(=O)NCc1ccccc1. The minimum atomic E-state index is -0.916. The minimum absolute atomic E-state index is 0.254. The summed E-state index contributed by atoms with van der Waals surface area (Å²) in [6, 6.07) is 37.4. The summed E-state index contributed by atoms with van der Waals surface area (Å²) >= 11 is 0. The first-order valence-corrected chi connectivity index (χ1v) is 14.0. The smallest absolute Gasteiger partial charge is 0.315 e. The van der Waals surface area contributed by atoms with Crippen LogP contribution in [-0.4, -0.2) is 35.4 Å². The van der Waals surface area contributed by atoms with E-state index in [0.717, 1.165) is 22.3 Å². The van der Waals surface area contributed by atoms with Gasteiger partial charge in [-0.15, -0.1) is 0 Å². The second kappa shape index (κ2) is 15.8. The molecule has 5 N–H and O–H groups in total. The zero-order valence-corrected chi connectivity index (χ0v) is 23.1. The number of carbonyl (C=O) groups excluding carboxylic acids is 2. The second-order valence-corrected chi connectivity index (χ2v) is 10.1. The Morgan fingerprint density at radius 1 is 0.537 bits per heavy atom. The summed E-state index contributed by atoms with van der Waals surface area (Å²) in [4.78, 5) is 25.8. The Bertz CT molecular complexity index is 1320. The molecule has 0 spiro atoms. The van der Waals surface area contributed by atoms with Crippen molar-refractivity contribution in [2.75, 3.05) is 0 Å². The van der Waals surface area contributed by atoms with Crippen LogP contribution in [0.3, 0.4) is 0 Å². The maximum atomic E-state index is 12.9. The van der Waals surface area contributed by atoms with Crippen molar-refractivity contribution in [1.29, 1.82) is 0 Å². The van der Waals surface area contributed by atoms with E-state index in [4.69, 9.17) is 0 Å². The van der Waals surface area contributed by atoms with E-state index in [-0.39, 0.29) is 24.5 Å². The molecule has 0 heterocycles. The highest BCUT2D eigenvalue weighted by atomic mass is 16.3. The Kier molecular flexibility index (Phi) is 11.3. The Morgan fingerprint density at radius 2 is 0.927 bits per heavy atom. The summed E-state index contributed by atoms with van der Waals surface area (Å²) in [6.45, 7) is 0.771. The van der Waals surface area contributed by atoms with Crippen LogP contribution in [-0.2, 0) is 25.9 Å². The summed E-state index contributed by atoms with van der Waals surface area (Å²) in [6.07, 6.45) is 0.318. The topological polar surface area (TPSA) is 102 Å². The standard InChI is InChI=1S/C34H38N4O3/c39-32(31(22-27-15-7-2-8-16-27)38-34(41)36-25-29-19-11-4-12-20-29)23-30(21-26-13-5-1-6-14-26)37-33(40)35-24-28-17-9-3-10-18-28/h1-20,30-32,39H,21-25H2,(H2,35,37,40)(H2,36,38,41). The highest BCUT2D eigenvalue weighted by Gasteiger charge is 2.26. The zero-order valence-electron chi connectivity index (χ0n) is 23.1. The summed E-state index contributed by atoms with van der Waals surface area (Å²) in [5, 5.41) is 23.3. The molecule has 0 bridgehead atoms. The van der Waals surface area contributed by atoms with Crippen LogP contribution >= 0.6 is 0 Å². The van der Waals surface area contributed by atoms with Crippen molar-refractivity contribution >= 4 is 12.1 Å². The molecule has 0 fully saturated rings. The van der Waals surface area contributed by atoms with Gasteiger partial charge in [0.25, 0.3) is 0 Å². The molecule has 3 unspecified atom stereocenters. The van der Waals surface area contributed by atoms with Gasteiger partial charge in [0, 0.05) is 19.1 Å². The van der Waals surface area contributed by atoms with E-state index in [1.165, 1.54) is 0 Å². The summed E-state index contributed by atoms with van der Waals surface area (Å²) in [7, 11) is 0. The Hall–Kier alpha value is -4.62. The number of nitrogens with one attached hydrogen (secondary N) is 4. The Labute approximate surface area is 242 Å². The summed E-state index contributed by atoms with van der Waals surface area (Å²) in [5.41, 5.74) is 4.02. The average molecular weight is 551 g/mol. The third kappa shape index (κ3) is 10.5. The first-order chi connectivity index (χ1) is 20.0. The monoisotopic (exact) mass is 550 g/mol. The van der Waals surface area contributed by atoms with E-state index in [0.29, 0.717) is 25.9 Å². The van der Waals surface area contributed by atoms with Crippen molar-refractivity contribution in [2.45, 2.75) is 50.5 Å². The molecule has 4 aromatic rings. The molecule has 0 aliphatic heterocycles. The van der Waals surface area contributed by atoms with Crippen molar-refractivity contribution in [3.8, 4) is 0 Å². The minimum Gasteiger partial charge on any atom is -0.391 e. The van der Waals surface area contributed by atoms with E-state index >= 15 is 0 Å². The average Bonchev–Trinajstić information content (AvgIpc) is 3.01. The van der Waals surface area contributed by atoms with Crippen LogP contribution in [0.5, 0.6) is 0 Å². The van der Waals surface area contributed by atoms with Gasteiger partial charge in [-0.05, 0) is 41.5 Å². The van der Waals surface area contributed by atoms with Crippen molar-refractivity contribution in [2.24, 2.45) is 0 Å². The van der Waals surface area contributed by atoms with E-state index in [2.05, 4.69) is 21.3 Å². The van der Waals surface area contributed by atoms with Gasteiger partial charge >= 0.3 is 12.1 Å². The Balaban J connectivity index is 1.43. The highest BCUT2D eigenvalue weighted by molar-refractivity contribution is 5.75. The molecule has 0 saturated carbocycles. The lowest BCUT2D eigenvalue weighted by Crippen LogP contribution is -2.51. The lowest BCUT2D eigenvalue weighted by Gasteiger charge is -2.28. The highest BCUT2D eigenvalue weighted by Crippen LogP contribution is 2.14. The van der Waals surface area contributed by atoms with Gasteiger partial charge in [0.15, 0.2) is 0 Å². The molecule has 41 heavy (non-hydrogen) atoms. The van der Waals surface area contributed by atoms with Gasteiger partial charge in [0.1, 0.15) is 0 Å². The number of rotatable bonds is 13. The predicted octanol–water partition coefficient (Wildman–Crippen LogP) is 4.96. The molecule has 7 heteroatoms. The van der Waals surface area contributed by atoms with Gasteiger partial charge in [-0.2, -0.15) is 0 Å². The van der Waals surface area contributed by atoms with Crippen LogP contribution in [0.25, 0.3) is 0 Å².